The minimum Gasteiger partial charge on any atom is -0.478 e. The molecule has 2 aromatic rings. The lowest BCUT2D eigenvalue weighted by atomic mass is 10.2. The fraction of sp³-hybridized carbons (Fsp3) is 0.0769. The quantitative estimate of drug-likeness (QED) is 0.731. The van der Waals surface area contributed by atoms with E-state index in [-0.39, 0.29) is 17.2 Å². The average Bonchev–Trinajstić information content (AvgIpc) is 2.70. The number of hydrogen-bond donors (Lipinski definition) is 3. The number of aromatic nitrogens is 1. The van der Waals surface area contributed by atoms with E-state index in [9.17, 15) is 9.59 Å². The van der Waals surface area contributed by atoms with Crippen LogP contribution in [-0.4, -0.2) is 22.0 Å². The van der Waals surface area contributed by atoms with Crippen molar-refractivity contribution in [2.45, 2.75) is 6.92 Å². The van der Waals surface area contributed by atoms with Crippen molar-refractivity contribution in [3.05, 3.63) is 50.2 Å². The number of aryl methyl sites for hydroxylation is 1. The van der Waals surface area contributed by atoms with E-state index >= 15 is 0 Å². The zero-order chi connectivity index (χ0) is 14.9. The van der Waals surface area contributed by atoms with Gasteiger partial charge in [-0.2, -0.15) is 0 Å². The van der Waals surface area contributed by atoms with Gasteiger partial charge in [0.1, 0.15) is 5.56 Å². The lowest BCUT2D eigenvalue weighted by Gasteiger charge is -2.07. The van der Waals surface area contributed by atoms with Crippen LogP contribution in [0, 0.1) is 6.92 Å². The summed E-state index contributed by atoms with van der Waals surface area (Å²) in [4.78, 5) is 26.1. The van der Waals surface area contributed by atoms with Crippen molar-refractivity contribution in [2.24, 2.45) is 0 Å². The van der Waals surface area contributed by atoms with Crippen molar-refractivity contribution in [1.29, 1.82) is 0 Å². The number of halogens is 2. The van der Waals surface area contributed by atoms with Crippen LogP contribution in [0.2, 0.25) is 0 Å². The Morgan fingerprint density at radius 1 is 1.30 bits per heavy atom. The Balaban J connectivity index is 2.31. The van der Waals surface area contributed by atoms with E-state index in [0.29, 0.717) is 15.7 Å². The first-order valence-electron chi connectivity index (χ1n) is 5.58. The second-order valence-electron chi connectivity index (χ2n) is 4.09. The van der Waals surface area contributed by atoms with Crippen molar-refractivity contribution < 1.29 is 14.7 Å². The number of carbonyl (C=O) groups is 2. The van der Waals surface area contributed by atoms with Gasteiger partial charge in [0.2, 0.25) is 0 Å². The number of benzene rings is 1. The van der Waals surface area contributed by atoms with E-state index in [1.807, 2.05) is 0 Å². The molecule has 1 amide bonds. The minimum atomic E-state index is -1.09. The van der Waals surface area contributed by atoms with Gasteiger partial charge in [-0.05, 0) is 41.1 Å². The van der Waals surface area contributed by atoms with Crippen LogP contribution in [-0.2, 0) is 0 Å². The molecule has 1 aromatic heterocycles. The van der Waals surface area contributed by atoms with Crippen LogP contribution in [0.5, 0.6) is 0 Å². The van der Waals surface area contributed by atoms with Gasteiger partial charge in [0, 0.05) is 20.8 Å². The summed E-state index contributed by atoms with van der Waals surface area (Å²) >= 11 is 6.60. The largest absolute Gasteiger partial charge is 0.478 e. The third-order valence-corrected chi connectivity index (χ3v) is 3.86. The molecule has 0 bridgehead atoms. The lowest BCUT2D eigenvalue weighted by molar-refractivity contribution is 0.0697. The van der Waals surface area contributed by atoms with Crippen molar-refractivity contribution in [1.82, 2.24) is 4.98 Å². The number of rotatable bonds is 3. The number of aromatic carboxylic acids is 1. The fourth-order valence-electron chi connectivity index (χ4n) is 1.76. The highest BCUT2D eigenvalue weighted by molar-refractivity contribution is 9.11. The third kappa shape index (κ3) is 2.94. The number of amides is 1. The summed E-state index contributed by atoms with van der Waals surface area (Å²) in [6.45, 7) is 1.63. The van der Waals surface area contributed by atoms with Gasteiger partial charge in [-0.25, -0.2) is 4.79 Å². The Labute approximate surface area is 131 Å². The zero-order valence-corrected chi connectivity index (χ0v) is 13.5. The maximum Gasteiger partial charge on any atom is 0.339 e. The molecule has 20 heavy (non-hydrogen) atoms. The highest BCUT2D eigenvalue weighted by Gasteiger charge is 2.18. The molecule has 104 valence electrons. The molecule has 1 heterocycles. The smallest absolute Gasteiger partial charge is 0.339 e. The van der Waals surface area contributed by atoms with Gasteiger partial charge in [-0.15, -0.1) is 0 Å². The lowest BCUT2D eigenvalue weighted by Crippen LogP contribution is -2.14. The number of hydrogen-bond acceptors (Lipinski definition) is 2. The van der Waals surface area contributed by atoms with Gasteiger partial charge in [0.05, 0.1) is 11.3 Å². The summed E-state index contributed by atoms with van der Waals surface area (Å²) in [6, 6.07) is 5.12. The molecule has 0 aliphatic rings. The Morgan fingerprint density at radius 3 is 2.60 bits per heavy atom. The number of aromatic amines is 1. The van der Waals surface area contributed by atoms with Crippen LogP contribution in [0.25, 0.3) is 0 Å². The van der Waals surface area contributed by atoms with Crippen molar-refractivity contribution in [3.63, 3.8) is 0 Å². The summed E-state index contributed by atoms with van der Waals surface area (Å²) in [6.07, 6.45) is 1.46. The van der Waals surface area contributed by atoms with Gasteiger partial charge in [0.25, 0.3) is 5.91 Å². The number of nitrogens with one attached hydrogen (secondary N) is 2. The number of carbonyl (C=O) groups excluding carboxylic acids is 1. The Morgan fingerprint density at radius 2 is 2.00 bits per heavy atom. The second-order valence-corrected chi connectivity index (χ2v) is 5.86. The maximum absolute atomic E-state index is 12.2. The van der Waals surface area contributed by atoms with Crippen molar-refractivity contribution in [2.75, 3.05) is 5.32 Å². The standard InChI is InChI=1S/C13H10Br2N2O3/c1-6-11(13(19)20)10(5-16-6)17-12(18)8-3-2-7(14)4-9(8)15/h2-5,16H,1H3,(H,17,18)(H,19,20). The van der Waals surface area contributed by atoms with Crippen LogP contribution in [0.4, 0.5) is 5.69 Å². The highest BCUT2D eigenvalue weighted by Crippen LogP contribution is 2.24. The summed E-state index contributed by atoms with van der Waals surface area (Å²) in [7, 11) is 0. The summed E-state index contributed by atoms with van der Waals surface area (Å²) in [5.74, 6) is -1.47. The van der Waals surface area contributed by atoms with Gasteiger partial charge >= 0.3 is 5.97 Å². The maximum atomic E-state index is 12.2. The molecule has 0 saturated heterocycles. The molecule has 0 aliphatic heterocycles. The topological polar surface area (TPSA) is 82.2 Å². The minimum absolute atomic E-state index is 0.0617. The van der Waals surface area contributed by atoms with Crippen LogP contribution in [0.3, 0.4) is 0 Å². The molecule has 1 aromatic carbocycles. The number of H-pyrrole nitrogens is 1. The predicted octanol–water partition coefficient (Wildman–Crippen LogP) is 3.80. The molecule has 0 spiro atoms. The molecular formula is C13H10Br2N2O3. The molecule has 0 aliphatic carbocycles. The van der Waals surface area contributed by atoms with Crippen molar-refractivity contribution in [3.8, 4) is 0 Å². The fourth-order valence-corrected chi connectivity index (χ4v) is 2.99. The summed E-state index contributed by atoms with van der Waals surface area (Å²) in [5.41, 5.74) is 1.22. The monoisotopic (exact) mass is 400 g/mol. The first-order chi connectivity index (χ1) is 9.40. The van der Waals surface area contributed by atoms with E-state index in [1.165, 1.54) is 6.20 Å². The van der Waals surface area contributed by atoms with E-state index in [2.05, 4.69) is 42.2 Å². The molecular weight excluding hydrogens is 392 g/mol. The number of anilines is 1. The predicted molar refractivity (Wildman–Crippen MR) is 82.3 cm³/mol. The van der Waals surface area contributed by atoms with Crippen LogP contribution >= 0.6 is 31.9 Å². The van der Waals surface area contributed by atoms with Gasteiger partial charge in [-0.3, -0.25) is 4.79 Å². The summed E-state index contributed by atoms with van der Waals surface area (Å²) in [5, 5.41) is 11.7. The molecule has 0 fully saturated rings. The molecule has 0 saturated carbocycles. The highest BCUT2D eigenvalue weighted by atomic mass is 79.9. The normalized spacial score (nSPS) is 10.3. The number of carboxylic acids is 1. The van der Waals surface area contributed by atoms with E-state index in [1.54, 1.807) is 25.1 Å². The first-order valence-corrected chi connectivity index (χ1v) is 7.16. The Bertz CT molecular complexity index is 695. The average molecular weight is 402 g/mol. The first kappa shape index (κ1) is 14.8. The second kappa shape index (κ2) is 5.80. The SMILES string of the molecule is Cc1[nH]cc(NC(=O)c2ccc(Br)cc2Br)c1C(=O)O. The molecule has 5 nitrogen and oxygen atoms in total. The van der Waals surface area contributed by atoms with E-state index < -0.39 is 5.97 Å². The molecule has 3 N–H and O–H groups in total. The van der Waals surface area contributed by atoms with E-state index in [0.717, 1.165) is 4.47 Å². The van der Waals surface area contributed by atoms with Gasteiger partial charge in [-0.1, -0.05) is 15.9 Å². The molecule has 7 heteroatoms. The van der Waals surface area contributed by atoms with E-state index in [4.69, 9.17) is 5.11 Å². The van der Waals surface area contributed by atoms with Crippen LogP contribution in [0.1, 0.15) is 26.4 Å². The zero-order valence-electron chi connectivity index (χ0n) is 10.3. The number of carboxylic acid groups (broad SMARTS) is 1. The van der Waals surface area contributed by atoms with Crippen molar-refractivity contribution >= 4 is 49.4 Å². The molecule has 0 unspecified atom stereocenters. The van der Waals surface area contributed by atoms with Gasteiger partial charge in [0.15, 0.2) is 0 Å². The Kier molecular flexibility index (Phi) is 4.29. The van der Waals surface area contributed by atoms with Crippen LogP contribution in [0.15, 0.2) is 33.3 Å². The summed E-state index contributed by atoms with van der Waals surface area (Å²) < 4.78 is 1.46. The molecule has 0 radical (unpaired) electrons. The van der Waals surface area contributed by atoms with Gasteiger partial charge < -0.3 is 15.4 Å². The van der Waals surface area contributed by atoms with Crippen LogP contribution < -0.4 is 5.32 Å². The third-order valence-electron chi connectivity index (χ3n) is 2.72. The Hall–Kier alpha value is -1.60. The molecule has 0 atom stereocenters. The molecule has 2 rings (SSSR count).